The van der Waals surface area contributed by atoms with Crippen LogP contribution in [-0.4, -0.2) is 147 Å². The second-order valence-corrected chi connectivity index (χ2v) is 34.5. The fourth-order valence-corrected chi connectivity index (χ4v) is 14.6. The number of likely N-dealkylation sites (tertiary alicyclic amines) is 2. The lowest BCUT2D eigenvalue weighted by Crippen LogP contribution is -2.52. The summed E-state index contributed by atoms with van der Waals surface area (Å²) in [4.78, 5) is 17.2. The van der Waals surface area contributed by atoms with Gasteiger partial charge in [-0.1, -0.05) is 66.6 Å². The average Bonchev–Trinajstić information content (AvgIpc) is 3.97. The molecule has 0 bridgehead atoms. The molecule has 4 fully saturated rings. The summed E-state index contributed by atoms with van der Waals surface area (Å²) in [6.45, 7) is 18.0. The van der Waals surface area contributed by atoms with E-state index in [9.17, 15) is 25.6 Å². The molecule has 7 heterocycles. The number of nitrogens with zero attached hydrogens (tertiary/aromatic N) is 10. The summed E-state index contributed by atoms with van der Waals surface area (Å²) in [5, 5.41) is 11.4. The van der Waals surface area contributed by atoms with Gasteiger partial charge in [0, 0.05) is 96.3 Å². The van der Waals surface area contributed by atoms with E-state index < -0.39 is 43.9 Å². The summed E-state index contributed by atoms with van der Waals surface area (Å²) in [5.74, 6) is 0.493. The van der Waals surface area contributed by atoms with E-state index in [2.05, 4.69) is 73.8 Å². The predicted molar refractivity (Wildman–Crippen MR) is 330 cm³/mol. The summed E-state index contributed by atoms with van der Waals surface area (Å²) in [6.07, 6.45) is 17.2. The zero-order chi connectivity index (χ0) is 61.5. The summed E-state index contributed by atoms with van der Waals surface area (Å²) in [6, 6.07) is 13.0. The molecule has 10 rings (SSSR count). The maximum absolute atomic E-state index is 14.7. The Morgan fingerprint density at radius 2 is 1.18 bits per heavy atom. The number of ether oxygens (including phenoxy) is 5. The first kappa shape index (κ1) is 65.5. The number of hydrogen-bond donors (Lipinski definition) is 0. The lowest BCUT2D eigenvalue weighted by molar-refractivity contribution is 0.0723. The van der Waals surface area contributed by atoms with Crippen molar-refractivity contribution in [3.63, 3.8) is 0 Å². The van der Waals surface area contributed by atoms with Crippen molar-refractivity contribution in [3.05, 3.63) is 83.7 Å². The van der Waals surface area contributed by atoms with E-state index in [1.807, 2.05) is 27.7 Å². The first-order valence-corrected chi connectivity index (χ1v) is 36.8. The number of piperidine rings is 1. The monoisotopic (exact) mass is 1250 g/mol. The van der Waals surface area contributed by atoms with Gasteiger partial charge in [-0.2, -0.15) is 14.0 Å². The lowest BCUT2D eigenvalue weighted by atomic mass is 9.80. The van der Waals surface area contributed by atoms with Gasteiger partial charge in [0.05, 0.1) is 20.6 Å². The summed E-state index contributed by atoms with van der Waals surface area (Å²) in [5.41, 5.74) is 4.09. The fourth-order valence-electron chi connectivity index (χ4n) is 11.9. The van der Waals surface area contributed by atoms with Crippen molar-refractivity contribution in [1.82, 2.24) is 38.8 Å². The number of halogens is 3. The normalized spacial score (nSPS) is 18.3. The van der Waals surface area contributed by atoms with Gasteiger partial charge in [0.25, 0.3) is 24.2 Å². The molecule has 5 aliphatic rings. The van der Waals surface area contributed by atoms with Crippen LogP contribution >= 0.6 is 10.7 Å². The smallest absolute Gasteiger partial charge is 0.323 e. The van der Waals surface area contributed by atoms with E-state index in [4.69, 9.17) is 34.4 Å². The third-order valence-corrected chi connectivity index (χ3v) is 21.5. The molecular formula is C60H83ClF2N10O9S2Si. The highest BCUT2D eigenvalue weighted by Gasteiger charge is 2.45. The number of sulfonamides is 1. The van der Waals surface area contributed by atoms with Crippen LogP contribution < -0.4 is 18.9 Å². The van der Waals surface area contributed by atoms with Gasteiger partial charge in [-0.3, -0.25) is 0 Å². The lowest BCUT2D eigenvalue weighted by Gasteiger charge is -2.43. The molecule has 0 unspecified atom stereocenters. The SMILES string of the molecule is CN1CCCC12CCCCC2.COc1cc(-c2cc(F)cc(C(C)C)c2OC2=NN=C(S(=O)(=O)N3CCC4(CCCN4C)CC3)C2)ccn1.COc1cc(-c2cc(F)cc(C(C)C)c2Oc2nc(S(=O)(=O)Cl)nn2COCC[Si](C)(C)C)ccn1. The van der Waals surface area contributed by atoms with E-state index in [-0.39, 0.29) is 53.2 Å². The van der Waals surface area contributed by atoms with Gasteiger partial charge in [-0.15, -0.1) is 15.3 Å². The fraction of sp³-hybridized carbons (Fsp3) is 0.567. The predicted octanol–water partition coefficient (Wildman–Crippen LogP) is 12.5. The number of aromatic nitrogens is 5. The molecule has 1 saturated carbocycles. The number of rotatable bonds is 16. The van der Waals surface area contributed by atoms with Crippen LogP contribution in [0.2, 0.25) is 25.7 Å². The highest BCUT2D eigenvalue weighted by molar-refractivity contribution is 8.13. The molecule has 0 amide bonds. The van der Waals surface area contributed by atoms with Crippen molar-refractivity contribution in [2.45, 2.75) is 165 Å². The van der Waals surface area contributed by atoms with Crippen LogP contribution in [0.3, 0.4) is 0 Å². The Hall–Kier alpha value is -5.47. The number of methoxy groups -OCH3 is 2. The third kappa shape index (κ3) is 16.0. The van der Waals surface area contributed by atoms with Gasteiger partial charge in [0.2, 0.25) is 17.7 Å². The molecule has 0 N–H and O–H groups in total. The zero-order valence-corrected chi connectivity index (χ0v) is 54.3. The second kappa shape index (κ2) is 27.7. The Morgan fingerprint density at radius 1 is 0.671 bits per heavy atom. The zero-order valence-electron chi connectivity index (χ0n) is 51.0. The molecule has 4 aliphatic heterocycles. The van der Waals surface area contributed by atoms with Crippen LogP contribution in [-0.2, 0) is 30.5 Å². The summed E-state index contributed by atoms with van der Waals surface area (Å²) < 4.78 is 111. The van der Waals surface area contributed by atoms with E-state index in [1.54, 1.807) is 30.5 Å². The number of benzene rings is 2. The molecule has 0 atom stereocenters. The Morgan fingerprint density at radius 3 is 1.65 bits per heavy atom. The van der Waals surface area contributed by atoms with E-state index >= 15 is 0 Å². The molecule has 19 nitrogen and oxygen atoms in total. The maximum atomic E-state index is 14.7. The first-order valence-electron chi connectivity index (χ1n) is 29.3. The van der Waals surface area contributed by atoms with E-state index in [1.165, 1.54) is 105 Å². The molecule has 464 valence electrons. The van der Waals surface area contributed by atoms with Crippen LogP contribution in [0.15, 0.2) is 76.3 Å². The first-order chi connectivity index (χ1) is 40.2. The molecular weight excluding hydrogens is 1170 g/mol. The van der Waals surface area contributed by atoms with Gasteiger partial charge in [0.1, 0.15) is 29.9 Å². The van der Waals surface area contributed by atoms with Crippen molar-refractivity contribution in [3.8, 4) is 51.5 Å². The quantitative estimate of drug-likeness (QED) is 0.0512. The van der Waals surface area contributed by atoms with Gasteiger partial charge in [-0.25, -0.2) is 35.6 Å². The van der Waals surface area contributed by atoms with Crippen LogP contribution in [0, 0.1) is 11.6 Å². The van der Waals surface area contributed by atoms with Crippen molar-refractivity contribution in [2.75, 3.05) is 61.1 Å². The largest absolute Gasteiger partial charge is 0.481 e. The van der Waals surface area contributed by atoms with E-state index in [0.717, 1.165) is 38.3 Å². The number of pyridine rings is 2. The minimum absolute atomic E-state index is 0.0245. The van der Waals surface area contributed by atoms with Gasteiger partial charge in [0.15, 0.2) is 5.04 Å². The van der Waals surface area contributed by atoms with Crippen molar-refractivity contribution in [1.29, 1.82) is 0 Å². The number of hydrogen-bond acceptors (Lipinski definition) is 17. The Bertz CT molecular complexity index is 3440. The minimum Gasteiger partial charge on any atom is -0.481 e. The molecule has 3 aromatic heterocycles. The maximum Gasteiger partial charge on any atom is 0.323 e. The average molecular weight is 1250 g/mol. The van der Waals surface area contributed by atoms with Gasteiger partial charge in [-0.05, 0) is 144 Å². The molecule has 2 spiro atoms. The summed E-state index contributed by atoms with van der Waals surface area (Å²) in [7, 11) is 3.59. The molecule has 2 aromatic carbocycles. The molecule has 25 heteroatoms. The van der Waals surface area contributed by atoms with Crippen molar-refractivity contribution < 1.29 is 49.3 Å². The molecule has 5 aromatic rings. The highest BCUT2D eigenvalue weighted by Crippen LogP contribution is 2.44. The Balaban J connectivity index is 0.000000187. The third-order valence-electron chi connectivity index (χ3n) is 16.9. The molecule has 3 saturated heterocycles. The standard InChI is InChI=1S/C27H34FN5O4S.C23H30ClFN4O5SSi.C10H19N/c1-18(2)21-15-20(28)16-22(19-6-10-29-23(14-19)36-4)26(21)37-24-17-25(31-30-24)38(34,35)33-12-8-27(9-13-33)7-5-11-32(27)3;1-15(2)18-12-17(25)13-19(16-7-8-26-20(11-16)32-3)21(18)34-23-27-22(35(24,30)31)28-29(23)14-33-9-10-36(4,5)6;1-11-9-5-8-10(11)6-3-2-4-7-10/h6,10,14-16,18H,5,7-9,11-13,17H2,1-4H3;7-8,11-13,15H,9-10,14H2,1-6H3;2-9H2,1H3. The molecule has 0 radical (unpaired) electrons. The van der Waals surface area contributed by atoms with Gasteiger partial charge < -0.3 is 33.5 Å². The summed E-state index contributed by atoms with van der Waals surface area (Å²) >= 11 is 0. The molecule has 1 aliphatic carbocycles. The van der Waals surface area contributed by atoms with Crippen LogP contribution in [0.25, 0.3) is 22.3 Å². The van der Waals surface area contributed by atoms with E-state index in [0.29, 0.717) is 76.1 Å². The van der Waals surface area contributed by atoms with Gasteiger partial charge >= 0.3 is 6.01 Å². The second-order valence-electron chi connectivity index (χ2n) is 24.5. The van der Waals surface area contributed by atoms with Crippen LogP contribution in [0.5, 0.6) is 29.3 Å². The Labute approximate surface area is 506 Å². The topological polar surface area (TPSA) is 205 Å². The van der Waals surface area contributed by atoms with Crippen molar-refractivity contribution in [2.24, 2.45) is 10.2 Å². The highest BCUT2D eigenvalue weighted by atomic mass is 35.7. The minimum atomic E-state index is -4.24. The van der Waals surface area contributed by atoms with Crippen LogP contribution in [0.1, 0.15) is 128 Å². The Kier molecular flexibility index (Phi) is 21.3. The molecule has 85 heavy (non-hydrogen) atoms. The van der Waals surface area contributed by atoms with Crippen molar-refractivity contribution >= 4 is 48.8 Å². The van der Waals surface area contributed by atoms with Crippen LogP contribution in [0.4, 0.5) is 8.78 Å².